The molecular weight excluding hydrogens is 277 g/mol. The Kier molecular flexibility index (Phi) is 5.52. The number of anilines is 2. The average Bonchev–Trinajstić information content (AvgIpc) is 2.36. The second kappa shape index (κ2) is 6.92. The van der Waals surface area contributed by atoms with Crippen LogP contribution < -0.4 is 16.0 Å². The number of nitrogens with zero attached hydrogens (tertiary/aromatic N) is 1. The number of nitrogens with two attached hydrogens (primary N) is 1. The van der Waals surface area contributed by atoms with E-state index in [1.54, 1.807) is 7.05 Å². The number of nitrogens with one attached hydrogen (secondary N) is 1. The van der Waals surface area contributed by atoms with Gasteiger partial charge in [-0.2, -0.15) is 0 Å². The Labute approximate surface area is 123 Å². The first kappa shape index (κ1) is 16.7. The molecule has 0 spiro atoms. The maximum Gasteiger partial charge on any atom is 0.340 e. The van der Waals surface area contributed by atoms with E-state index in [4.69, 9.17) is 5.73 Å². The monoisotopic (exact) mass is 297 g/mol. The van der Waals surface area contributed by atoms with Crippen LogP contribution in [0.15, 0.2) is 12.1 Å². The maximum absolute atomic E-state index is 14.0. The molecule has 1 amide bonds. The number of halogens is 1. The van der Waals surface area contributed by atoms with Gasteiger partial charge in [-0.1, -0.05) is 0 Å². The van der Waals surface area contributed by atoms with Gasteiger partial charge in [-0.25, -0.2) is 9.18 Å². The van der Waals surface area contributed by atoms with Gasteiger partial charge in [0.05, 0.1) is 24.9 Å². The van der Waals surface area contributed by atoms with Crippen LogP contribution in [0.5, 0.6) is 0 Å². The van der Waals surface area contributed by atoms with E-state index in [9.17, 15) is 14.0 Å². The van der Waals surface area contributed by atoms with E-state index in [-0.39, 0.29) is 35.4 Å². The zero-order chi connectivity index (χ0) is 16.2. The molecule has 116 valence electrons. The second-order valence-corrected chi connectivity index (χ2v) is 4.96. The minimum atomic E-state index is -0.659. The van der Waals surface area contributed by atoms with E-state index in [0.717, 1.165) is 6.07 Å². The lowest BCUT2D eigenvalue weighted by Crippen LogP contribution is -2.38. The topological polar surface area (TPSA) is 84.7 Å². The molecule has 0 aliphatic carbocycles. The van der Waals surface area contributed by atoms with Crippen LogP contribution in [0.25, 0.3) is 0 Å². The number of nitrogen functional groups attached to an aromatic ring is 1. The Balaban J connectivity index is 3.01. The molecule has 0 atom stereocenters. The Morgan fingerprint density at radius 3 is 2.57 bits per heavy atom. The third-order valence-electron chi connectivity index (χ3n) is 2.77. The lowest BCUT2D eigenvalue weighted by Gasteiger charge is -2.21. The molecule has 1 rings (SSSR count). The molecule has 1 aromatic carbocycles. The van der Waals surface area contributed by atoms with Gasteiger partial charge in [0.2, 0.25) is 5.91 Å². The van der Waals surface area contributed by atoms with Gasteiger partial charge in [-0.05, 0) is 26.0 Å². The summed E-state index contributed by atoms with van der Waals surface area (Å²) in [5.41, 5.74) is 5.75. The number of rotatable bonds is 5. The van der Waals surface area contributed by atoms with E-state index in [1.165, 1.54) is 18.1 Å². The van der Waals surface area contributed by atoms with Crippen molar-refractivity contribution in [2.24, 2.45) is 0 Å². The fraction of sp³-hybridized carbons (Fsp3) is 0.429. The van der Waals surface area contributed by atoms with E-state index in [2.05, 4.69) is 10.1 Å². The van der Waals surface area contributed by atoms with E-state index >= 15 is 0 Å². The van der Waals surface area contributed by atoms with E-state index in [0.29, 0.717) is 0 Å². The molecule has 0 radical (unpaired) electrons. The quantitative estimate of drug-likeness (QED) is 0.629. The molecule has 6 nitrogen and oxygen atoms in total. The molecule has 21 heavy (non-hydrogen) atoms. The van der Waals surface area contributed by atoms with Crippen molar-refractivity contribution in [3.63, 3.8) is 0 Å². The van der Waals surface area contributed by atoms with Gasteiger partial charge in [0, 0.05) is 18.8 Å². The number of hydrogen-bond acceptors (Lipinski definition) is 5. The summed E-state index contributed by atoms with van der Waals surface area (Å²) in [6, 6.07) is 2.31. The van der Waals surface area contributed by atoms with Gasteiger partial charge in [0.1, 0.15) is 5.82 Å². The predicted molar refractivity (Wildman–Crippen MR) is 78.7 cm³/mol. The number of esters is 1. The molecule has 0 aliphatic rings. The Bertz CT molecular complexity index is 547. The zero-order valence-corrected chi connectivity index (χ0v) is 12.6. The molecular formula is C14H20FN3O3. The number of carbonyl (C=O) groups is 2. The van der Waals surface area contributed by atoms with Gasteiger partial charge in [-0.15, -0.1) is 0 Å². The van der Waals surface area contributed by atoms with E-state index in [1.807, 2.05) is 13.8 Å². The van der Waals surface area contributed by atoms with Crippen molar-refractivity contribution in [3.8, 4) is 0 Å². The normalized spacial score (nSPS) is 10.4. The summed E-state index contributed by atoms with van der Waals surface area (Å²) < 4.78 is 18.5. The zero-order valence-electron chi connectivity index (χ0n) is 12.6. The summed E-state index contributed by atoms with van der Waals surface area (Å²) in [4.78, 5) is 24.7. The third kappa shape index (κ3) is 4.34. The highest BCUT2D eigenvalue weighted by molar-refractivity contribution is 5.96. The summed E-state index contributed by atoms with van der Waals surface area (Å²) in [6.07, 6.45) is 0. The Morgan fingerprint density at radius 2 is 2.05 bits per heavy atom. The summed E-state index contributed by atoms with van der Waals surface area (Å²) in [5, 5.41) is 2.70. The predicted octanol–water partition coefficient (Wildman–Crippen LogP) is 1.16. The first-order chi connectivity index (χ1) is 9.76. The van der Waals surface area contributed by atoms with Gasteiger partial charge < -0.3 is 20.7 Å². The number of ether oxygens (including phenoxy) is 1. The van der Waals surface area contributed by atoms with Crippen molar-refractivity contribution in [3.05, 3.63) is 23.5 Å². The van der Waals surface area contributed by atoms with Crippen molar-refractivity contribution in [2.75, 3.05) is 31.3 Å². The van der Waals surface area contributed by atoms with Crippen LogP contribution in [0.1, 0.15) is 24.2 Å². The summed E-state index contributed by atoms with van der Waals surface area (Å²) in [6.45, 7) is 3.62. The minimum absolute atomic E-state index is 0.00667. The van der Waals surface area contributed by atoms with Gasteiger partial charge >= 0.3 is 5.97 Å². The molecule has 0 heterocycles. The smallest absolute Gasteiger partial charge is 0.340 e. The highest BCUT2D eigenvalue weighted by Crippen LogP contribution is 2.25. The number of likely N-dealkylation sites (N-methyl/N-ethyl adjacent to an activating group) is 1. The molecule has 1 aromatic rings. The van der Waals surface area contributed by atoms with Gasteiger partial charge in [0.25, 0.3) is 0 Å². The van der Waals surface area contributed by atoms with Crippen molar-refractivity contribution in [2.45, 2.75) is 19.9 Å². The molecule has 0 aliphatic heterocycles. The SMILES string of the molecule is COC(=O)c1cc(N(C)CC(=O)NC(C)C)c(F)cc1N. The van der Waals surface area contributed by atoms with Gasteiger partial charge in [0.15, 0.2) is 0 Å². The van der Waals surface area contributed by atoms with Crippen molar-refractivity contribution >= 4 is 23.3 Å². The molecule has 0 saturated carbocycles. The van der Waals surface area contributed by atoms with Crippen LogP contribution in [0.2, 0.25) is 0 Å². The minimum Gasteiger partial charge on any atom is -0.465 e. The largest absolute Gasteiger partial charge is 0.465 e. The van der Waals surface area contributed by atoms with Crippen LogP contribution in [-0.2, 0) is 9.53 Å². The number of hydrogen-bond donors (Lipinski definition) is 2. The number of amides is 1. The maximum atomic E-state index is 14.0. The van der Waals surface area contributed by atoms with Crippen LogP contribution in [0.4, 0.5) is 15.8 Å². The van der Waals surface area contributed by atoms with Crippen molar-refractivity contribution in [1.29, 1.82) is 0 Å². The molecule has 3 N–H and O–H groups in total. The second-order valence-electron chi connectivity index (χ2n) is 4.96. The highest BCUT2D eigenvalue weighted by Gasteiger charge is 2.18. The lowest BCUT2D eigenvalue weighted by molar-refractivity contribution is -0.120. The van der Waals surface area contributed by atoms with Crippen molar-refractivity contribution in [1.82, 2.24) is 5.32 Å². The average molecular weight is 297 g/mol. The fourth-order valence-electron chi connectivity index (χ4n) is 1.82. The fourth-order valence-corrected chi connectivity index (χ4v) is 1.82. The van der Waals surface area contributed by atoms with E-state index < -0.39 is 11.8 Å². The van der Waals surface area contributed by atoms with Crippen LogP contribution in [0.3, 0.4) is 0 Å². The first-order valence-corrected chi connectivity index (χ1v) is 6.44. The number of carbonyl (C=O) groups excluding carboxylic acids is 2. The van der Waals surface area contributed by atoms with Gasteiger partial charge in [-0.3, -0.25) is 4.79 Å². The van der Waals surface area contributed by atoms with Crippen LogP contribution >= 0.6 is 0 Å². The Hall–Kier alpha value is -2.31. The van der Waals surface area contributed by atoms with Crippen LogP contribution in [0, 0.1) is 5.82 Å². The number of methoxy groups -OCH3 is 1. The van der Waals surface area contributed by atoms with Crippen molar-refractivity contribution < 1.29 is 18.7 Å². The Morgan fingerprint density at radius 1 is 1.43 bits per heavy atom. The molecule has 0 unspecified atom stereocenters. The number of benzene rings is 1. The molecule has 0 bridgehead atoms. The molecule has 0 saturated heterocycles. The molecule has 0 aromatic heterocycles. The summed E-state index contributed by atoms with van der Waals surface area (Å²) >= 11 is 0. The summed E-state index contributed by atoms with van der Waals surface area (Å²) in [5.74, 6) is -1.52. The lowest BCUT2D eigenvalue weighted by atomic mass is 10.1. The standard InChI is InChI=1S/C14H20FN3O3/c1-8(2)17-13(19)7-18(3)12-5-9(14(20)21-4)11(16)6-10(12)15/h5-6,8H,7,16H2,1-4H3,(H,17,19). The molecule has 0 fully saturated rings. The summed E-state index contributed by atoms with van der Waals surface area (Å²) in [7, 11) is 2.76. The highest BCUT2D eigenvalue weighted by atomic mass is 19.1. The first-order valence-electron chi connectivity index (χ1n) is 6.44. The van der Waals surface area contributed by atoms with Crippen LogP contribution in [-0.4, -0.2) is 38.6 Å². The third-order valence-corrected chi connectivity index (χ3v) is 2.77. The molecule has 7 heteroatoms.